The molecule has 0 amide bonds. The molecule has 0 atom stereocenters. The molecule has 0 radical (unpaired) electrons. The highest BCUT2D eigenvalue weighted by atomic mass is 16.3. The molecular weight excluding hydrogens is 528 g/mol. The molecule has 3 heterocycles. The zero-order valence-corrected chi connectivity index (χ0v) is 22.9. The molecule has 0 unspecified atom stereocenters. The molecule has 0 spiro atoms. The van der Waals surface area contributed by atoms with Gasteiger partial charge in [-0.15, -0.1) is 0 Å². The predicted molar refractivity (Wildman–Crippen MR) is 177 cm³/mol. The van der Waals surface area contributed by atoms with E-state index >= 15 is 0 Å². The molecule has 0 bridgehead atoms. The molecule has 3 nitrogen and oxygen atoms in total. The van der Waals surface area contributed by atoms with Crippen LogP contribution < -0.4 is 0 Å². The van der Waals surface area contributed by atoms with Gasteiger partial charge in [-0.2, -0.15) is 0 Å². The van der Waals surface area contributed by atoms with E-state index in [0.29, 0.717) is 0 Å². The average Bonchev–Trinajstić information content (AvgIpc) is 3.78. The standard InChI is InChI=1S/C40H22O3/c1-3-11-27-25(9-1)37(23-16-18-36-33(22-23)24-8-5-6-15-35(24)42-36)26-10-2-4-12-28(26)38(27)32-14-7-13-29-30-17-19-34-31(20-21-41-34)39(30)43-40(29)32/h1-22H. The highest BCUT2D eigenvalue weighted by Crippen LogP contribution is 2.47. The molecule has 0 fully saturated rings. The number of hydrogen-bond acceptors (Lipinski definition) is 3. The maximum absolute atomic E-state index is 6.73. The van der Waals surface area contributed by atoms with Crippen LogP contribution in [0, 0.1) is 0 Å². The summed E-state index contributed by atoms with van der Waals surface area (Å²) >= 11 is 0. The van der Waals surface area contributed by atoms with Crippen LogP contribution in [0.5, 0.6) is 0 Å². The zero-order chi connectivity index (χ0) is 28.1. The monoisotopic (exact) mass is 550 g/mol. The lowest BCUT2D eigenvalue weighted by Crippen LogP contribution is -1.91. The molecule has 0 aliphatic rings. The molecule has 43 heavy (non-hydrogen) atoms. The van der Waals surface area contributed by atoms with Crippen molar-refractivity contribution in [2.24, 2.45) is 0 Å². The van der Waals surface area contributed by atoms with E-state index in [2.05, 4.69) is 103 Å². The Labute approximate surface area is 245 Å². The summed E-state index contributed by atoms with van der Waals surface area (Å²) in [5.41, 5.74) is 9.04. The van der Waals surface area contributed by atoms with Crippen LogP contribution in [-0.4, -0.2) is 0 Å². The molecule has 0 saturated carbocycles. The second-order valence-electron chi connectivity index (χ2n) is 11.2. The predicted octanol–water partition coefficient (Wildman–Crippen LogP) is 11.9. The first-order valence-electron chi connectivity index (χ1n) is 14.5. The summed E-state index contributed by atoms with van der Waals surface area (Å²) in [6.45, 7) is 0. The third-order valence-corrected chi connectivity index (χ3v) is 8.96. The minimum Gasteiger partial charge on any atom is -0.464 e. The fourth-order valence-corrected chi connectivity index (χ4v) is 7.11. The summed E-state index contributed by atoms with van der Waals surface area (Å²) in [6, 6.07) is 44.9. The van der Waals surface area contributed by atoms with Gasteiger partial charge < -0.3 is 13.3 Å². The maximum Gasteiger partial charge on any atom is 0.146 e. The van der Waals surface area contributed by atoms with Crippen LogP contribution in [0.15, 0.2) is 147 Å². The Bertz CT molecular complexity index is 2680. The van der Waals surface area contributed by atoms with Crippen molar-refractivity contribution in [3.63, 3.8) is 0 Å². The highest BCUT2D eigenvalue weighted by Gasteiger charge is 2.21. The molecule has 0 saturated heterocycles. The van der Waals surface area contributed by atoms with Crippen LogP contribution >= 0.6 is 0 Å². The van der Waals surface area contributed by atoms with Crippen molar-refractivity contribution < 1.29 is 13.3 Å². The van der Waals surface area contributed by atoms with Gasteiger partial charge in [-0.25, -0.2) is 0 Å². The van der Waals surface area contributed by atoms with Crippen molar-refractivity contribution in [2.45, 2.75) is 0 Å². The Balaban J connectivity index is 1.33. The number of benzene rings is 7. The Kier molecular flexibility index (Phi) is 4.45. The van der Waals surface area contributed by atoms with Crippen molar-refractivity contribution in [2.75, 3.05) is 0 Å². The van der Waals surface area contributed by atoms with Crippen LogP contribution in [0.2, 0.25) is 0 Å². The first-order chi connectivity index (χ1) is 21.3. The highest BCUT2D eigenvalue weighted by molar-refractivity contribution is 6.25. The molecule has 10 aromatic rings. The van der Waals surface area contributed by atoms with Gasteiger partial charge in [0.15, 0.2) is 0 Å². The third kappa shape index (κ3) is 3.08. The molecule has 7 aromatic carbocycles. The van der Waals surface area contributed by atoms with Gasteiger partial charge in [0, 0.05) is 32.7 Å². The van der Waals surface area contributed by atoms with Crippen molar-refractivity contribution in [1.29, 1.82) is 0 Å². The molecule has 0 N–H and O–H groups in total. The van der Waals surface area contributed by atoms with Gasteiger partial charge in [0.25, 0.3) is 0 Å². The number of para-hydroxylation sites is 2. The Hall–Kier alpha value is -5.80. The van der Waals surface area contributed by atoms with E-state index in [1.54, 1.807) is 6.26 Å². The summed E-state index contributed by atoms with van der Waals surface area (Å²) in [5.74, 6) is 0. The van der Waals surface area contributed by atoms with E-state index < -0.39 is 0 Å². The lowest BCUT2D eigenvalue weighted by Gasteiger charge is -2.18. The van der Waals surface area contributed by atoms with Gasteiger partial charge >= 0.3 is 0 Å². The molecule has 0 aliphatic heterocycles. The van der Waals surface area contributed by atoms with Crippen LogP contribution in [0.25, 0.3) is 98.6 Å². The first kappa shape index (κ1) is 22.8. The van der Waals surface area contributed by atoms with Crippen molar-refractivity contribution in [3.8, 4) is 22.3 Å². The number of hydrogen-bond donors (Lipinski definition) is 0. The van der Waals surface area contributed by atoms with Crippen molar-refractivity contribution in [1.82, 2.24) is 0 Å². The minimum atomic E-state index is 0.829. The van der Waals surface area contributed by atoms with E-state index in [-0.39, 0.29) is 0 Å². The lowest BCUT2D eigenvalue weighted by molar-refractivity contribution is 0.615. The molecule has 3 aromatic heterocycles. The van der Waals surface area contributed by atoms with Crippen LogP contribution in [0.4, 0.5) is 0 Å². The quantitative estimate of drug-likeness (QED) is 0.201. The van der Waals surface area contributed by atoms with Gasteiger partial charge in [0.05, 0.1) is 11.6 Å². The fraction of sp³-hybridized carbons (Fsp3) is 0. The van der Waals surface area contributed by atoms with E-state index in [0.717, 1.165) is 60.4 Å². The topological polar surface area (TPSA) is 39.4 Å². The Morgan fingerprint density at radius 2 is 0.977 bits per heavy atom. The molecule has 3 heteroatoms. The lowest BCUT2D eigenvalue weighted by atomic mass is 9.85. The molecule has 200 valence electrons. The molecule has 0 aliphatic carbocycles. The van der Waals surface area contributed by atoms with Gasteiger partial charge in [-0.1, -0.05) is 91.0 Å². The fourth-order valence-electron chi connectivity index (χ4n) is 7.11. The van der Waals surface area contributed by atoms with Gasteiger partial charge in [-0.05, 0) is 69.1 Å². The summed E-state index contributed by atoms with van der Waals surface area (Å²) in [7, 11) is 0. The number of furan rings is 3. The van der Waals surface area contributed by atoms with Gasteiger partial charge in [0.2, 0.25) is 0 Å². The van der Waals surface area contributed by atoms with E-state index in [4.69, 9.17) is 13.3 Å². The average molecular weight is 551 g/mol. The Morgan fingerprint density at radius 1 is 0.349 bits per heavy atom. The van der Waals surface area contributed by atoms with Gasteiger partial charge in [-0.3, -0.25) is 0 Å². The van der Waals surface area contributed by atoms with Crippen LogP contribution in [-0.2, 0) is 0 Å². The largest absolute Gasteiger partial charge is 0.464 e. The van der Waals surface area contributed by atoms with E-state index in [1.807, 2.05) is 24.3 Å². The minimum absolute atomic E-state index is 0.829. The second kappa shape index (κ2) is 8.37. The van der Waals surface area contributed by atoms with Crippen molar-refractivity contribution >= 4 is 76.4 Å². The SMILES string of the molecule is c1ccc2c(c1)oc1ccc(-c3c4ccccc4c(-c4cccc5c4oc4c6ccoc6ccc54)c4ccccc34)cc12. The summed E-state index contributed by atoms with van der Waals surface area (Å²) in [6.07, 6.45) is 1.72. The smallest absolute Gasteiger partial charge is 0.146 e. The molecular formula is C40H22O3. The van der Waals surface area contributed by atoms with Crippen molar-refractivity contribution in [3.05, 3.63) is 134 Å². The Morgan fingerprint density at radius 3 is 1.77 bits per heavy atom. The van der Waals surface area contributed by atoms with Crippen LogP contribution in [0.3, 0.4) is 0 Å². The summed E-state index contributed by atoms with van der Waals surface area (Å²) < 4.78 is 18.6. The maximum atomic E-state index is 6.73. The number of rotatable bonds is 2. The zero-order valence-electron chi connectivity index (χ0n) is 22.9. The number of fused-ring (bicyclic) bond motifs is 10. The van der Waals surface area contributed by atoms with E-state index in [9.17, 15) is 0 Å². The second-order valence-corrected chi connectivity index (χ2v) is 11.2. The normalized spacial score (nSPS) is 12.2. The van der Waals surface area contributed by atoms with Gasteiger partial charge in [0.1, 0.15) is 27.9 Å². The molecule has 10 rings (SSSR count). The van der Waals surface area contributed by atoms with E-state index in [1.165, 1.54) is 38.2 Å². The van der Waals surface area contributed by atoms with Crippen LogP contribution in [0.1, 0.15) is 0 Å². The summed E-state index contributed by atoms with van der Waals surface area (Å²) in [4.78, 5) is 0. The summed E-state index contributed by atoms with van der Waals surface area (Å²) in [5, 5.41) is 10.2. The first-order valence-corrected chi connectivity index (χ1v) is 14.5. The third-order valence-electron chi connectivity index (χ3n) is 8.96.